The molecule has 0 radical (unpaired) electrons. The molecule has 0 saturated carbocycles. The SMILES string of the molecule is CCOC1(OCC)CCc2c(ccc3oc4c(C)cccc4c23)O1. The van der Waals surface area contributed by atoms with Crippen molar-refractivity contribution in [2.75, 3.05) is 13.2 Å². The number of rotatable bonds is 4. The van der Waals surface area contributed by atoms with Gasteiger partial charge in [-0.05, 0) is 44.9 Å². The largest absolute Gasteiger partial charge is 0.456 e. The fourth-order valence-electron chi connectivity index (χ4n) is 3.61. The lowest BCUT2D eigenvalue weighted by molar-refractivity contribution is -0.347. The zero-order valence-corrected chi connectivity index (χ0v) is 14.3. The molecule has 0 spiro atoms. The van der Waals surface area contributed by atoms with Gasteiger partial charge in [0.05, 0.1) is 13.2 Å². The van der Waals surface area contributed by atoms with Gasteiger partial charge in [0.15, 0.2) is 0 Å². The van der Waals surface area contributed by atoms with E-state index >= 15 is 0 Å². The normalized spacial score (nSPS) is 16.3. The van der Waals surface area contributed by atoms with Crippen LogP contribution in [-0.2, 0) is 15.9 Å². The molecular weight excluding hydrogens is 304 g/mol. The number of para-hydroxylation sites is 1. The molecule has 126 valence electrons. The van der Waals surface area contributed by atoms with E-state index in [4.69, 9.17) is 18.6 Å². The van der Waals surface area contributed by atoms with E-state index in [1.807, 2.05) is 26.0 Å². The molecule has 4 nitrogen and oxygen atoms in total. The number of aryl methyl sites for hydroxylation is 2. The Morgan fingerprint density at radius 2 is 1.88 bits per heavy atom. The van der Waals surface area contributed by atoms with Crippen molar-refractivity contribution in [2.24, 2.45) is 0 Å². The number of benzene rings is 2. The predicted octanol–water partition coefficient (Wildman–Crippen LogP) is 4.95. The molecule has 1 aromatic heterocycles. The summed E-state index contributed by atoms with van der Waals surface area (Å²) < 4.78 is 23.8. The van der Waals surface area contributed by atoms with Crippen LogP contribution in [0.2, 0.25) is 0 Å². The minimum atomic E-state index is -0.973. The molecule has 2 heterocycles. The van der Waals surface area contributed by atoms with Gasteiger partial charge in [-0.25, -0.2) is 0 Å². The molecule has 2 aromatic carbocycles. The first-order chi connectivity index (χ1) is 11.7. The maximum atomic E-state index is 6.17. The third-order valence-corrected chi connectivity index (χ3v) is 4.60. The second-order valence-electron chi connectivity index (χ2n) is 6.12. The molecule has 0 fully saturated rings. The zero-order chi connectivity index (χ0) is 16.7. The minimum absolute atomic E-state index is 0.547. The molecule has 24 heavy (non-hydrogen) atoms. The van der Waals surface area contributed by atoms with E-state index in [9.17, 15) is 0 Å². The van der Waals surface area contributed by atoms with E-state index in [-0.39, 0.29) is 0 Å². The van der Waals surface area contributed by atoms with Gasteiger partial charge in [-0.1, -0.05) is 18.2 Å². The van der Waals surface area contributed by atoms with E-state index in [1.165, 1.54) is 5.56 Å². The van der Waals surface area contributed by atoms with Gasteiger partial charge in [0.2, 0.25) is 0 Å². The van der Waals surface area contributed by atoms with E-state index < -0.39 is 5.97 Å². The first-order valence-corrected chi connectivity index (χ1v) is 8.58. The monoisotopic (exact) mass is 326 g/mol. The third kappa shape index (κ3) is 2.29. The lowest BCUT2D eigenvalue weighted by Gasteiger charge is -2.37. The molecule has 0 atom stereocenters. The zero-order valence-electron chi connectivity index (χ0n) is 14.3. The summed E-state index contributed by atoms with van der Waals surface area (Å²) in [5, 5.41) is 2.29. The summed E-state index contributed by atoms with van der Waals surface area (Å²) in [5.41, 5.74) is 4.17. The van der Waals surface area contributed by atoms with Gasteiger partial charge in [-0.15, -0.1) is 0 Å². The molecule has 0 unspecified atom stereocenters. The summed E-state index contributed by atoms with van der Waals surface area (Å²) in [6, 6.07) is 10.2. The number of hydrogen-bond donors (Lipinski definition) is 0. The second kappa shape index (κ2) is 5.80. The van der Waals surface area contributed by atoms with Gasteiger partial charge >= 0.3 is 5.97 Å². The fourth-order valence-corrected chi connectivity index (χ4v) is 3.61. The highest BCUT2D eigenvalue weighted by Crippen LogP contribution is 2.42. The molecule has 1 aliphatic heterocycles. The average molecular weight is 326 g/mol. The van der Waals surface area contributed by atoms with Crippen molar-refractivity contribution in [3.05, 3.63) is 41.5 Å². The first kappa shape index (κ1) is 15.5. The molecule has 0 saturated heterocycles. The van der Waals surface area contributed by atoms with Crippen molar-refractivity contribution < 1.29 is 18.6 Å². The third-order valence-electron chi connectivity index (χ3n) is 4.60. The molecule has 0 amide bonds. The van der Waals surface area contributed by atoms with E-state index in [2.05, 4.69) is 25.1 Å². The van der Waals surface area contributed by atoms with Crippen LogP contribution in [0.1, 0.15) is 31.4 Å². The van der Waals surface area contributed by atoms with Crippen molar-refractivity contribution in [3.8, 4) is 5.75 Å². The molecule has 1 aliphatic rings. The van der Waals surface area contributed by atoms with E-state index in [0.717, 1.165) is 39.7 Å². The Bertz CT molecular complexity index is 887. The predicted molar refractivity (Wildman–Crippen MR) is 93.4 cm³/mol. The Morgan fingerprint density at radius 1 is 1.08 bits per heavy atom. The Labute approximate surface area is 141 Å². The van der Waals surface area contributed by atoms with Crippen LogP contribution in [-0.4, -0.2) is 19.2 Å². The average Bonchev–Trinajstić information content (AvgIpc) is 2.96. The highest BCUT2D eigenvalue weighted by atomic mass is 16.9. The topological polar surface area (TPSA) is 40.8 Å². The first-order valence-electron chi connectivity index (χ1n) is 8.58. The van der Waals surface area contributed by atoms with Gasteiger partial charge in [0.25, 0.3) is 0 Å². The Morgan fingerprint density at radius 3 is 2.62 bits per heavy atom. The molecule has 0 aliphatic carbocycles. The van der Waals surface area contributed by atoms with Crippen LogP contribution in [0, 0.1) is 6.92 Å². The van der Waals surface area contributed by atoms with Crippen LogP contribution in [0.3, 0.4) is 0 Å². The maximum absolute atomic E-state index is 6.17. The van der Waals surface area contributed by atoms with Gasteiger partial charge in [-0.3, -0.25) is 0 Å². The maximum Gasteiger partial charge on any atom is 0.327 e. The van der Waals surface area contributed by atoms with Crippen molar-refractivity contribution in [2.45, 2.75) is 39.6 Å². The molecule has 3 aromatic rings. The van der Waals surface area contributed by atoms with Crippen molar-refractivity contribution in [3.63, 3.8) is 0 Å². The summed E-state index contributed by atoms with van der Waals surface area (Å²) in [6.45, 7) is 7.07. The number of fused-ring (bicyclic) bond motifs is 5. The Hall–Kier alpha value is -2.04. The van der Waals surface area contributed by atoms with Crippen molar-refractivity contribution >= 4 is 21.9 Å². The van der Waals surface area contributed by atoms with Crippen LogP contribution in [0.25, 0.3) is 21.9 Å². The van der Waals surface area contributed by atoms with Crippen molar-refractivity contribution in [1.29, 1.82) is 0 Å². The van der Waals surface area contributed by atoms with E-state index in [1.54, 1.807) is 0 Å². The van der Waals surface area contributed by atoms with Gasteiger partial charge in [0.1, 0.15) is 16.9 Å². The van der Waals surface area contributed by atoms with Gasteiger partial charge in [0, 0.05) is 22.8 Å². The summed E-state index contributed by atoms with van der Waals surface area (Å²) in [5.74, 6) is -0.153. The van der Waals surface area contributed by atoms with Gasteiger partial charge < -0.3 is 18.6 Å². The number of furan rings is 1. The van der Waals surface area contributed by atoms with Gasteiger partial charge in [-0.2, -0.15) is 0 Å². The summed E-state index contributed by atoms with van der Waals surface area (Å²) >= 11 is 0. The molecule has 4 rings (SSSR count). The standard InChI is InChI=1S/C20H22O4/c1-4-21-20(22-5-2)12-11-14-16(24-20)9-10-17-18(14)15-8-6-7-13(3)19(15)23-17/h6-10H,4-5,11-12H2,1-3H3. The molecule has 0 N–H and O–H groups in total. The second-order valence-corrected chi connectivity index (χ2v) is 6.12. The summed E-state index contributed by atoms with van der Waals surface area (Å²) in [6.07, 6.45) is 1.49. The number of ether oxygens (including phenoxy) is 3. The molecular formula is C20H22O4. The smallest absolute Gasteiger partial charge is 0.327 e. The summed E-state index contributed by atoms with van der Waals surface area (Å²) in [7, 11) is 0. The number of hydrogen-bond acceptors (Lipinski definition) is 4. The fraction of sp³-hybridized carbons (Fsp3) is 0.400. The lowest BCUT2D eigenvalue weighted by atomic mass is 9.98. The summed E-state index contributed by atoms with van der Waals surface area (Å²) in [4.78, 5) is 0. The molecule has 4 heteroatoms. The molecule has 0 bridgehead atoms. The highest BCUT2D eigenvalue weighted by Gasteiger charge is 2.39. The van der Waals surface area contributed by atoms with E-state index in [0.29, 0.717) is 19.6 Å². The Balaban J connectivity index is 1.88. The quantitative estimate of drug-likeness (QED) is 0.636. The lowest BCUT2D eigenvalue weighted by Crippen LogP contribution is -2.45. The minimum Gasteiger partial charge on any atom is -0.456 e. The van der Waals surface area contributed by atoms with Crippen LogP contribution in [0.4, 0.5) is 0 Å². The van der Waals surface area contributed by atoms with Crippen molar-refractivity contribution in [1.82, 2.24) is 0 Å². The highest BCUT2D eigenvalue weighted by molar-refractivity contribution is 6.08. The van der Waals surface area contributed by atoms with Crippen LogP contribution in [0.5, 0.6) is 5.75 Å². The van der Waals surface area contributed by atoms with Crippen LogP contribution in [0.15, 0.2) is 34.7 Å². The Kier molecular flexibility index (Phi) is 3.74. The van der Waals surface area contributed by atoms with Crippen LogP contribution < -0.4 is 4.74 Å². The van der Waals surface area contributed by atoms with Crippen LogP contribution >= 0.6 is 0 Å².